The van der Waals surface area contributed by atoms with E-state index in [-0.39, 0.29) is 0 Å². The number of halogens is 1. The van der Waals surface area contributed by atoms with E-state index in [4.69, 9.17) is 21.1 Å². The molecule has 20 heavy (non-hydrogen) atoms. The number of nitrogens with zero attached hydrogens (tertiary/aromatic N) is 2. The van der Waals surface area contributed by atoms with Gasteiger partial charge in [-0.25, -0.2) is 9.97 Å². The average Bonchev–Trinajstić information content (AvgIpc) is 2.48. The zero-order valence-electron chi connectivity index (χ0n) is 11.4. The third-order valence-electron chi connectivity index (χ3n) is 2.66. The van der Waals surface area contributed by atoms with Crippen molar-refractivity contribution in [2.45, 2.75) is 0 Å². The first-order chi connectivity index (χ1) is 9.69. The average molecular weight is 295 g/mol. The van der Waals surface area contributed by atoms with Crippen molar-refractivity contribution in [3.63, 3.8) is 0 Å². The van der Waals surface area contributed by atoms with Crippen molar-refractivity contribution in [1.29, 1.82) is 0 Å². The van der Waals surface area contributed by atoms with Gasteiger partial charge in [-0.15, -0.1) is 0 Å². The van der Waals surface area contributed by atoms with Gasteiger partial charge >= 0.3 is 0 Å². The van der Waals surface area contributed by atoms with E-state index in [9.17, 15) is 0 Å². The van der Waals surface area contributed by atoms with Gasteiger partial charge in [0.05, 0.1) is 19.2 Å². The molecule has 0 aliphatic heterocycles. The lowest BCUT2D eigenvalue weighted by Gasteiger charge is -2.13. The van der Waals surface area contributed by atoms with E-state index in [0.717, 1.165) is 5.69 Å². The quantitative estimate of drug-likeness (QED) is 0.884. The summed E-state index contributed by atoms with van der Waals surface area (Å²) in [5.74, 6) is 2.27. The lowest BCUT2D eigenvalue weighted by molar-refractivity contribution is 0.414. The molecule has 2 aromatic rings. The predicted octanol–water partition coefficient (Wildman–Crippen LogP) is 2.93. The molecule has 106 valence electrons. The lowest BCUT2D eigenvalue weighted by Crippen LogP contribution is -2.03. The molecule has 0 saturated carbocycles. The summed E-state index contributed by atoms with van der Waals surface area (Å²) in [4.78, 5) is 8.26. The highest BCUT2D eigenvalue weighted by atomic mass is 35.5. The Kier molecular flexibility index (Phi) is 4.47. The number of hydrogen-bond acceptors (Lipinski definition) is 6. The molecule has 0 fully saturated rings. The van der Waals surface area contributed by atoms with E-state index in [2.05, 4.69) is 20.6 Å². The van der Waals surface area contributed by atoms with Crippen molar-refractivity contribution in [1.82, 2.24) is 9.97 Å². The van der Waals surface area contributed by atoms with E-state index in [1.54, 1.807) is 33.4 Å². The Labute approximate surface area is 122 Å². The molecule has 1 heterocycles. The minimum absolute atomic E-state index is 0.531. The fourth-order valence-corrected chi connectivity index (χ4v) is 1.90. The summed E-state index contributed by atoms with van der Waals surface area (Å²) in [5, 5.41) is 6.63. The molecule has 0 atom stereocenters. The van der Waals surface area contributed by atoms with Crippen LogP contribution in [0.15, 0.2) is 24.5 Å². The van der Waals surface area contributed by atoms with E-state index < -0.39 is 0 Å². The maximum atomic E-state index is 5.99. The number of benzene rings is 1. The van der Waals surface area contributed by atoms with Gasteiger partial charge in [0, 0.05) is 18.8 Å². The molecule has 0 saturated heterocycles. The molecule has 2 rings (SSSR count). The summed E-state index contributed by atoms with van der Waals surface area (Å²) in [7, 11) is 4.89. The third kappa shape index (κ3) is 2.85. The Morgan fingerprint density at radius 2 is 1.85 bits per heavy atom. The smallest absolute Gasteiger partial charge is 0.204 e. The first-order valence-corrected chi connectivity index (χ1v) is 6.24. The van der Waals surface area contributed by atoms with E-state index in [1.807, 2.05) is 6.07 Å². The van der Waals surface area contributed by atoms with E-state index in [0.29, 0.717) is 28.2 Å². The van der Waals surface area contributed by atoms with Gasteiger partial charge in [0.15, 0.2) is 11.6 Å². The van der Waals surface area contributed by atoms with Crippen molar-refractivity contribution in [3.05, 3.63) is 29.5 Å². The summed E-state index contributed by atoms with van der Waals surface area (Å²) >= 11 is 5.99. The van der Waals surface area contributed by atoms with Gasteiger partial charge < -0.3 is 20.1 Å². The van der Waals surface area contributed by atoms with Crippen LogP contribution in [0.1, 0.15) is 0 Å². The maximum Gasteiger partial charge on any atom is 0.204 e. The number of ether oxygens (including phenoxy) is 2. The molecule has 1 aromatic carbocycles. The van der Waals surface area contributed by atoms with Gasteiger partial charge in [0.1, 0.15) is 12.1 Å². The highest BCUT2D eigenvalue weighted by Gasteiger charge is 2.12. The van der Waals surface area contributed by atoms with Crippen molar-refractivity contribution in [3.8, 4) is 11.5 Å². The summed E-state index contributed by atoms with van der Waals surface area (Å²) < 4.78 is 10.5. The number of nitrogens with one attached hydrogen (secondary N) is 2. The molecule has 0 unspecified atom stereocenters. The molecular weight excluding hydrogens is 280 g/mol. The zero-order valence-corrected chi connectivity index (χ0v) is 12.2. The summed E-state index contributed by atoms with van der Waals surface area (Å²) in [6.07, 6.45) is 1.45. The van der Waals surface area contributed by atoms with E-state index >= 15 is 0 Å². The van der Waals surface area contributed by atoms with Crippen LogP contribution in [0.25, 0.3) is 0 Å². The molecule has 7 heteroatoms. The first kappa shape index (κ1) is 14.2. The summed E-state index contributed by atoms with van der Waals surface area (Å²) in [6.45, 7) is 0. The van der Waals surface area contributed by atoms with Crippen molar-refractivity contribution >= 4 is 28.9 Å². The van der Waals surface area contributed by atoms with Gasteiger partial charge in [-0.2, -0.15) is 0 Å². The number of methoxy groups -OCH3 is 2. The molecule has 1 aromatic heterocycles. The summed E-state index contributed by atoms with van der Waals surface area (Å²) in [5.41, 5.74) is 0.783. The van der Waals surface area contributed by atoms with Gasteiger partial charge in [-0.05, 0) is 12.1 Å². The normalized spacial score (nSPS) is 10.0. The molecule has 0 bridgehead atoms. The van der Waals surface area contributed by atoms with Crippen molar-refractivity contribution in [2.24, 2.45) is 0 Å². The maximum absolute atomic E-state index is 5.99. The van der Waals surface area contributed by atoms with Gasteiger partial charge in [-0.3, -0.25) is 0 Å². The molecule has 0 spiro atoms. The Morgan fingerprint density at radius 1 is 1.10 bits per heavy atom. The topological polar surface area (TPSA) is 68.3 Å². The van der Waals surface area contributed by atoms with Gasteiger partial charge in [0.2, 0.25) is 5.75 Å². The van der Waals surface area contributed by atoms with Crippen molar-refractivity contribution < 1.29 is 9.47 Å². The van der Waals surface area contributed by atoms with Gasteiger partial charge in [-0.1, -0.05) is 11.6 Å². The Hall–Kier alpha value is -2.21. The predicted molar refractivity (Wildman–Crippen MR) is 79.4 cm³/mol. The molecule has 0 aliphatic carbocycles. The first-order valence-electron chi connectivity index (χ1n) is 5.87. The second-order valence-corrected chi connectivity index (χ2v) is 4.24. The zero-order chi connectivity index (χ0) is 14.5. The van der Waals surface area contributed by atoms with Crippen LogP contribution in [-0.4, -0.2) is 31.2 Å². The highest BCUT2D eigenvalue weighted by Crippen LogP contribution is 2.33. The minimum Gasteiger partial charge on any atom is -0.495 e. The van der Waals surface area contributed by atoms with Crippen LogP contribution >= 0.6 is 11.6 Å². The number of anilines is 3. The lowest BCUT2D eigenvalue weighted by atomic mass is 10.3. The van der Waals surface area contributed by atoms with Crippen LogP contribution in [0.5, 0.6) is 11.5 Å². The van der Waals surface area contributed by atoms with Crippen LogP contribution < -0.4 is 20.1 Å². The number of rotatable bonds is 5. The van der Waals surface area contributed by atoms with Crippen LogP contribution in [0.4, 0.5) is 17.3 Å². The van der Waals surface area contributed by atoms with Crippen LogP contribution in [-0.2, 0) is 0 Å². The van der Waals surface area contributed by atoms with Crippen molar-refractivity contribution in [2.75, 3.05) is 31.9 Å². The molecule has 6 nitrogen and oxygen atoms in total. The summed E-state index contributed by atoms with van der Waals surface area (Å²) in [6, 6.07) is 5.35. The standard InChI is InChI=1S/C13H15ClN4O2/c1-15-12-11(20-3)13(17-7-16-12)18-8-4-5-9(14)10(6-8)19-2/h4-7H,1-3H3,(H2,15,16,17,18). The molecule has 0 radical (unpaired) electrons. The number of hydrogen-bond donors (Lipinski definition) is 2. The monoisotopic (exact) mass is 294 g/mol. The Balaban J connectivity index is 2.34. The van der Waals surface area contributed by atoms with Gasteiger partial charge in [0.25, 0.3) is 0 Å². The molecule has 0 amide bonds. The largest absolute Gasteiger partial charge is 0.495 e. The second kappa shape index (κ2) is 6.29. The van der Waals surface area contributed by atoms with E-state index in [1.165, 1.54) is 6.33 Å². The molecular formula is C13H15ClN4O2. The van der Waals surface area contributed by atoms with Crippen LogP contribution in [0.3, 0.4) is 0 Å². The van der Waals surface area contributed by atoms with Crippen LogP contribution in [0, 0.1) is 0 Å². The molecule has 2 N–H and O–H groups in total. The molecule has 0 aliphatic rings. The SMILES string of the molecule is CNc1ncnc(Nc2ccc(Cl)c(OC)c2)c1OC. The second-order valence-electron chi connectivity index (χ2n) is 3.83. The fourth-order valence-electron chi connectivity index (χ4n) is 1.71. The highest BCUT2D eigenvalue weighted by molar-refractivity contribution is 6.32. The Bertz CT molecular complexity index is 607. The Morgan fingerprint density at radius 3 is 2.50 bits per heavy atom. The van der Waals surface area contributed by atoms with Crippen LogP contribution in [0.2, 0.25) is 5.02 Å². The third-order valence-corrected chi connectivity index (χ3v) is 2.97. The minimum atomic E-state index is 0.531. The number of aromatic nitrogens is 2. The fraction of sp³-hybridized carbons (Fsp3) is 0.231.